The Kier molecular flexibility index (Phi) is 5.48. The summed E-state index contributed by atoms with van der Waals surface area (Å²) in [4.78, 5) is 25.6. The van der Waals surface area contributed by atoms with Crippen LogP contribution in [0.2, 0.25) is 0 Å². The second kappa shape index (κ2) is 7.56. The van der Waals surface area contributed by atoms with Gasteiger partial charge in [-0.15, -0.1) is 0 Å². The van der Waals surface area contributed by atoms with Crippen molar-refractivity contribution in [3.8, 4) is 0 Å². The van der Waals surface area contributed by atoms with E-state index in [4.69, 9.17) is 4.42 Å². The van der Waals surface area contributed by atoms with Crippen LogP contribution in [0.25, 0.3) is 0 Å². The first kappa shape index (κ1) is 16.0. The predicted octanol–water partition coefficient (Wildman–Crippen LogP) is 1.00. The number of carbonyl (C=O) groups excluding carboxylic acids is 1. The fraction of sp³-hybridized carbons (Fsp3) is 0.400. The van der Waals surface area contributed by atoms with Gasteiger partial charge in [0.25, 0.3) is 11.5 Å². The Labute approximate surface area is 128 Å². The Morgan fingerprint density at radius 3 is 2.91 bits per heavy atom. The van der Waals surface area contributed by atoms with Crippen LogP contribution < -0.4 is 10.9 Å². The van der Waals surface area contributed by atoms with E-state index in [1.807, 2.05) is 12.1 Å². The molecule has 2 aromatic heterocycles. The van der Waals surface area contributed by atoms with E-state index >= 15 is 0 Å². The molecule has 0 saturated heterocycles. The molecule has 1 amide bonds. The summed E-state index contributed by atoms with van der Waals surface area (Å²) in [5.74, 6) is 0.482. The fourth-order valence-electron chi connectivity index (χ4n) is 2.05. The van der Waals surface area contributed by atoms with Crippen LogP contribution in [0.1, 0.15) is 30.0 Å². The van der Waals surface area contributed by atoms with Gasteiger partial charge in [0, 0.05) is 25.3 Å². The van der Waals surface area contributed by atoms with E-state index in [1.165, 1.54) is 12.3 Å². The van der Waals surface area contributed by atoms with Gasteiger partial charge < -0.3 is 9.73 Å². The van der Waals surface area contributed by atoms with Crippen LogP contribution in [0.4, 0.5) is 0 Å². The molecular weight excluding hydrogens is 284 g/mol. The molecule has 7 nitrogen and oxygen atoms in total. The van der Waals surface area contributed by atoms with E-state index in [-0.39, 0.29) is 5.56 Å². The smallest absolute Gasteiger partial charge is 0.277 e. The average molecular weight is 304 g/mol. The van der Waals surface area contributed by atoms with Crippen molar-refractivity contribution in [2.45, 2.75) is 26.4 Å². The van der Waals surface area contributed by atoms with Gasteiger partial charge in [-0.05, 0) is 32.0 Å². The fourth-order valence-corrected chi connectivity index (χ4v) is 2.05. The van der Waals surface area contributed by atoms with Crippen molar-refractivity contribution in [1.82, 2.24) is 20.4 Å². The minimum absolute atomic E-state index is 0.0668. The Morgan fingerprint density at radius 1 is 1.45 bits per heavy atom. The molecule has 0 unspecified atom stereocenters. The molecule has 2 heterocycles. The molecule has 0 fully saturated rings. The summed E-state index contributed by atoms with van der Waals surface area (Å²) >= 11 is 0. The number of furan rings is 1. The molecule has 0 aliphatic carbocycles. The SMILES string of the molecule is CC(C)N(CCNC(=O)c1ccn[nH]c1=O)Cc1ccco1. The zero-order valence-electron chi connectivity index (χ0n) is 12.7. The van der Waals surface area contributed by atoms with Gasteiger partial charge in [-0.1, -0.05) is 0 Å². The van der Waals surface area contributed by atoms with Crippen LogP contribution in [0, 0.1) is 0 Å². The quantitative estimate of drug-likeness (QED) is 0.796. The summed E-state index contributed by atoms with van der Waals surface area (Å²) < 4.78 is 5.35. The zero-order chi connectivity index (χ0) is 15.9. The monoisotopic (exact) mass is 304 g/mol. The van der Waals surface area contributed by atoms with Crippen LogP contribution in [0.5, 0.6) is 0 Å². The molecule has 0 bridgehead atoms. The van der Waals surface area contributed by atoms with Gasteiger partial charge in [0.05, 0.1) is 12.8 Å². The summed E-state index contributed by atoms with van der Waals surface area (Å²) in [5, 5.41) is 8.55. The van der Waals surface area contributed by atoms with Crippen LogP contribution in [0.3, 0.4) is 0 Å². The maximum Gasteiger partial charge on any atom is 0.277 e. The Morgan fingerprint density at radius 2 is 2.27 bits per heavy atom. The lowest BCUT2D eigenvalue weighted by molar-refractivity contribution is 0.0941. The number of hydrogen-bond donors (Lipinski definition) is 2. The second-order valence-electron chi connectivity index (χ2n) is 5.20. The van der Waals surface area contributed by atoms with Crippen molar-refractivity contribution in [3.63, 3.8) is 0 Å². The Balaban J connectivity index is 1.86. The molecule has 0 aromatic carbocycles. The number of aromatic nitrogens is 2. The lowest BCUT2D eigenvalue weighted by Gasteiger charge is -2.25. The number of nitrogens with one attached hydrogen (secondary N) is 2. The lowest BCUT2D eigenvalue weighted by atomic mass is 10.2. The highest BCUT2D eigenvalue weighted by Crippen LogP contribution is 2.08. The molecule has 0 aliphatic heterocycles. The van der Waals surface area contributed by atoms with Crippen molar-refractivity contribution in [3.05, 3.63) is 52.3 Å². The number of nitrogens with zero attached hydrogens (tertiary/aromatic N) is 2. The number of aromatic amines is 1. The molecule has 118 valence electrons. The molecule has 2 rings (SSSR count). The van der Waals surface area contributed by atoms with E-state index in [0.717, 1.165) is 5.76 Å². The van der Waals surface area contributed by atoms with Gasteiger partial charge in [0.15, 0.2) is 0 Å². The predicted molar refractivity (Wildman–Crippen MR) is 81.4 cm³/mol. The average Bonchev–Trinajstić information content (AvgIpc) is 2.99. The molecule has 0 atom stereocenters. The Hall–Kier alpha value is -2.41. The molecule has 0 saturated carbocycles. The van der Waals surface area contributed by atoms with Crippen LogP contribution in [0.15, 0.2) is 39.9 Å². The van der Waals surface area contributed by atoms with Gasteiger partial charge >= 0.3 is 0 Å². The van der Waals surface area contributed by atoms with Gasteiger partial charge in [0.1, 0.15) is 11.3 Å². The van der Waals surface area contributed by atoms with Gasteiger partial charge in [-0.2, -0.15) is 5.10 Å². The molecule has 2 aromatic rings. The minimum atomic E-state index is -0.490. The van der Waals surface area contributed by atoms with Crippen molar-refractivity contribution >= 4 is 5.91 Å². The van der Waals surface area contributed by atoms with E-state index in [0.29, 0.717) is 25.7 Å². The lowest BCUT2D eigenvalue weighted by Crippen LogP contribution is -2.39. The van der Waals surface area contributed by atoms with Gasteiger partial charge in [-0.3, -0.25) is 14.5 Å². The first-order valence-corrected chi connectivity index (χ1v) is 7.16. The van der Waals surface area contributed by atoms with Crippen molar-refractivity contribution in [1.29, 1.82) is 0 Å². The normalized spacial score (nSPS) is 11.1. The van der Waals surface area contributed by atoms with Crippen molar-refractivity contribution in [2.24, 2.45) is 0 Å². The molecule has 7 heteroatoms. The molecular formula is C15H20N4O3. The highest BCUT2D eigenvalue weighted by molar-refractivity contribution is 5.93. The number of H-pyrrole nitrogens is 1. The van der Waals surface area contributed by atoms with Crippen LogP contribution in [-0.4, -0.2) is 40.1 Å². The van der Waals surface area contributed by atoms with E-state index in [9.17, 15) is 9.59 Å². The summed E-state index contributed by atoms with van der Waals surface area (Å²) in [6.45, 7) is 5.94. The molecule has 0 radical (unpaired) electrons. The summed E-state index contributed by atoms with van der Waals surface area (Å²) in [6, 6.07) is 5.49. The standard InChI is InChI=1S/C15H20N4O3/c1-11(2)19(10-12-4-3-9-22-12)8-7-16-14(20)13-5-6-17-18-15(13)21/h3-6,9,11H,7-8,10H2,1-2H3,(H,16,20)(H,18,21). The first-order chi connectivity index (χ1) is 10.6. The molecule has 0 spiro atoms. The van der Waals surface area contributed by atoms with Crippen molar-refractivity contribution < 1.29 is 9.21 Å². The number of amides is 1. The third-order valence-electron chi connectivity index (χ3n) is 3.32. The van der Waals surface area contributed by atoms with E-state index in [1.54, 1.807) is 6.26 Å². The van der Waals surface area contributed by atoms with Crippen molar-refractivity contribution in [2.75, 3.05) is 13.1 Å². The number of rotatable bonds is 7. The maximum absolute atomic E-state index is 11.9. The maximum atomic E-state index is 11.9. The highest BCUT2D eigenvalue weighted by atomic mass is 16.3. The van der Waals surface area contributed by atoms with E-state index in [2.05, 4.69) is 34.3 Å². The molecule has 22 heavy (non-hydrogen) atoms. The summed E-state index contributed by atoms with van der Waals surface area (Å²) in [6.07, 6.45) is 3.03. The van der Waals surface area contributed by atoms with Gasteiger partial charge in [0.2, 0.25) is 0 Å². The van der Waals surface area contributed by atoms with Crippen LogP contribution in [-0.2, 0) is 6.54 Å². The topological polar surface area (TPSA) is 91.2 Å². The van der Waals surface area contributed by atoms with Gasteiger partial charge in [-0.25, -0.2) is 5.10 Å². The third-order valence-corrected chi connectivity index (χ3v) is 3.32. The minimum Gasteiger partial charge on any atom is -0.468 e. The molecule has 0 aliphatic rings. The molecule has 2 N–H and O–H groups in total. The number of carbonyl (C=O) groups is 1. The summed E-state index contributed by atoms with van der Waals surface area (Å²) in [7, 11) is 0. The van der Waals surface area contributed by atoms with E-state index < -0.39 is 11.5 Å². The largest absolute Gasteiger partial charge is 0.468 e. The third kappa shape index (κ3) is 4.29. The number of hydrogen-bond acceptors (Lipinski definition) is 5. The first-order valence-electron chi connectivity index (χ1n) is 7.16. The second-order valence-corrected chi connectivity index (χ2v) is 5.20. The zero-order valence-corrected chi connectivity index (χ0v) is 12.7. The summed E-state index contributed by atoms with van der Waals surface area (Å²) in [5.41, 5.74) is -0.423. The Bertz CT molecular complexity index is 649. The highest BCUT2D eigenvalue weighted by Gasteiger charge is 2.13. The van der Waals surface area contributed by atoms with Crippen LogP contribution >= 0.6 is 0 Å².